The van der Waals surface area contributed by atoms with E-state index < -0.39 is 0 Å². The third-order valence-corrected chi connectivity index (χ3v) is 4.39. The van der Waals surface area contributed by atoms with Crippen LogP contribution < -0.4 is 5.32 Å². The number of nitrogens with one attached hydrogen (secondary N) is 2. The highest BCUT2D eigenvalue weighted by atomic mass is 35.5. The first kappa shape index (κ1) is 18.1. The van der Waals surface area contributed by atoms with Gasteiger partial charge in [0.05, 0.1) is 0 Å². The SMILES string of the molecule is Cc1nc(CCNC(=O)C[C@H](c2ccccc2)c2cccc(Cl)c2)n[nH]1. The highest BCUT2D eigenvalue weighted by molar-refractivity contribution is 6.30. The van der Waals surface area contributed by atoms with Crippen LogP contribution in [0, 0.1) is 6.92 Å². The molecule has 0 saturated heterocycles. The lowest BCUT2D eigenvalue weighted by Crippen LogP contribution is -2.27. The first-order valence-electron chi connectivity index (χ1n) is 8.57. The van der Waals surface area contributed by atoms with Crippen LogP contribution in [0.2, 0.25) is 5.02 Å². The van der Waals surface area contributed by atoms with Crippen molar-refractivity contribution >= 4 is 17.5 Å². The van der Waals surface area contributed by atoms with Crippen molar-refractivity contribution in [3.8, 4) is 0 Å². The van der Waals surface area contributed by atoms with Crippen LogP contribution in [0.3, 0.4) is 0 Å². The smallest absolute Gasteiger partial charge is 0.220 e. The molecule has 26 heavy (non-hydrogen) atoms. The maximum absolute atomic E-state index is 12.5. The van der Waals surface area contributed by atoms with E-state index in [0.717, 1.165) is 17.0 Å². The molecule has 0 aliphatic carbocycles. The molecule has 3 aromatic rings. The minimum absolute atomic E-state index is 0.00825. The van der Waals surface area contributed by atoms with Crippen LogP contribution >= 0.6 is 11.6 Å². The van der Waals surface area contributed by atoms with Gasteiger partial charge >= 0.3 is 0 Å². The Bertz CT molecular complexity index is 863. The van der Waals surface area contributed by atoms with Gasteiger partial charge in [-0.3, -0.25) is 9.89 Å². The molecule has 0 spiro atoms. The molecule has 0 fully saturated rings. The maximum atomic E-state index is 12.5. The summed E-state index contributed by atoms with van der Waals surface area (Å²) in [7, 11) is 0. The van der Waals surface area contributed by atoms with Crippen molar-refractivity contribution in [3.05, 3.63) is 82.4 Å². The predicted molar refractivity (Wildman–Crippen MR) is 102 cm³/mol. The zero-order valence-electron chi connectivity index (χ0n) is 14.6. The molecule has 1 atom stereocenters. The third kappa shape index (κ3) is 4.92. The molecule has 0 radical (unpaired) electrons. The van der Waals surface area contributed by atoms with Gasteiger partial charge < -0.3 is 5.32 Å². The molecule has 3 rings (SSSR count). The molecule has 6 heteroatoms. The van der Waals surface area contributed by atoms with Gasteiger partial charge in [-0.05, 0) is 30.2 Å². The number of nitrogens with zero attached hydrogens (tertiary/aromatic N) is 2. The molecule has 1 amide bonds. The molecular weight excluding hydrogens is 348 g/mol. The fourth-order valence-electron chi connectivity index (χ4n) is 2.91. The summed E-state index contributed by atoms with van der Waals surface area (Å²) in [5.74, 6) is 1.43. The Morgan fingerprint density at radius 1 is 1.15 bits per heavy atom. The van der Waals surface area contributed by atoms with E-state index in [1.807, 2.05) is 61.5 Å². The Morgan fingerprint density at radius 2 is 1.92 bits per heavy atom. The van der Waals surface area contributed by atoms with Crippen molar-refractivity contribution in [1.82, 2.24) is 20.5 Å². The third-order valence-electron chi connectivity index (χ3n) is 4.16. The van der Waals surface area contributed by atoms with E-state index in [2.05, 4.69) is 20.5 Å². The van der Waals surface area contributed by atoms with Gasteiger partial charge in [0.15, 0.2) is 5.82 Å². The fourth-order valence-corrected chi connectivity index (χ4v) is 3.11. The molecular formula is C20H21ClN4O. The van der Waals surface area contributed by atoms with E-state index in [4.69, 9.17) is 11.6 Å². The van der Waals surface area contributed by atoms with E-state index in [0.29, 0.717) is 30.2 Å². The topological polar surface area (TPSA) is 70.7 Å². The molecule has 0 aliphatic heterocycles. The monoisotopic (exact) mass is 368 g/mol. The Balaban J connectivity index is 1.66. The number of carbonyl (C=O) groups is 1. The summed E-state index contributed by atoms with van der Waals surface area (Å²) >= 11 is 6.15. The van der Waals surface area contributed by atoms with Crippen LogP contribution in [0.4, 0.5) is 0 Å². The average Bonchev–Trinajstić information content (AvgIpc) is 3.05. The van der Waals surface area contributed by atoms with Crippen LogP contribution in [0.25, 0.3) is 0 Å². The van der Waals surface area contributed by atoms with E-state index in [-0.39, 0.29) is 11.8 Å². The van der Waals surface area contributed by atoms with Gasteiger partial charge in [-0.15, -0.1) is 0 Å². The maximum Gasteiger partial charge on any atom is 0.220 e. The largest absolute Gasteiger partial charge is 0.356 e. The Kier molecular flexibility index (Phi) is 6.02. The van der Waals surface area contributed by atoms with E-state index in [1.54, 1.807) is 0 Å². The number of H-pyrrole nitrogens is 1. The van der Waals surface area contributed by atoms with Crippen molar-refractivity contribution in [2.45, 2.75) is 25.7 Å². The Hall–Kier alpha value is -2.66. The van der Waals surface area contributed by atoms with E-state index in [1.165, 1.54) is 0 Å². The van der Waals surface area contributed by atoms with Crippen molar-refractivity contribution < 1.29 is 4.79 Å². The van der Waals surface area contributed by atoms with Gasteiger partial charge in [0.25, 0.3) is 0 Å². The van der Waals surface area contributed by atoms with Crippen molar-refractivity contribution in [2.75, 3.05) is 6.54 Å². The number of hydrogen-bond donors (Lipinski definition) is 2. The summed E-state index contributed by atoms with van der Waals surface area (Å²) in [6, 6.07) is 17.7. The van der Waals surface area contributed by atoms with Crippen molar-refractivity contribution in [2.24, 2.45) is 0 Å². The number of hydrogen-bond acceptors (Lipinski definition) is 3. The molecule has 5 nitrogen and oxygen atoms in total. The number of carbonyl (C=O) groups excluding carboxylic acids is 1. The highest BCUT2D eigenvalue weighted by Gasteiger charge is 2.18. The Morgan fingerprint density at radius 3 is 2.62 bits per heavy atom. The Labute approximate surface area is 157 Å². The molecule has 134 valence electrons. The molecule has 0 unspecified atom stereocenters. The van der Waals surface area contributed by atoms with Gasteiger partial charge in [0.2, 0.25) is 5.91 Å². The average molecular weight is 369 g/mol. The number of benzene rings is 2. The van der Waals surface area contributed by atoms with Crippen LogP contribution in [0.5, 0.6) is 0 Å². The lowest BCUT2D eigenvalue weighted by molar-refractivity contribution is -0.121. The van der Waals surface area contributed by atoms with E-state index in [9.17, 15) is 4.79 Å². The zero-order chi connectivity index (χ0) is 18.4. The van der Waals surface area contributed by atoms with Gasteiger partial charge in [0.1, 0.15) is 5.82 Å². The van der Waals surface area contributed by atoms with Crippen LogP contribution in [0.15, 0.2) is 54.6 Å². The zero-order valence-corrected chi connectivity index (χ0v) is 15.3. The number of aromatic nitrogens is 3. The van der Waals surface area contributed by atoms with Gasteiger partial charge in [-0.1, -0.05) is 54.1 Å². The standard InChI is InChI=1S/C20H21ClN4O/c1-14-23-19(25-24-14)10-11-22-20(26)13-18(15-6-3-2-4-7-15)16-8-5-9-17(21)12-16/h2-9,12,18H,10-11,13H2,1H3,(H,22,26)(H,23,24,25)/t18-/m1/s1. The summed E-state index contributed by atoms with van der Waals surface area (Å²) < 4.78 is 0. The number of halogens is 1. The summed E-state index contributed by atoms with van der Waals surface area (Å²) in [6.07, 6.45) is 0.959. The molecule has 2 N–H and O–H groups in total. The summed E-state index contributed by atoms with van der Waals surface area (Å²) in [5, 5.41) is 10.5. The van der Waals surface area contributed by atoms with E-state index >= 15 is 0 Å². The number of aromatic amines is 1. The van der Waals surface area contributed by atoms with Crippen LogP contribution in [-0.4, -0.2) is 27.6 Å². The van der Waals surface area contributed by atoms with Gasteiger partial charge in [0, 0.05) is 30.3 Å². The molecule has 2 aromatic carbocycles. The van der Waals surface area contributed by atoms with Crippen LogP contribution in [0.1, 0.15) is 35.1 Å². The first-order valence-corrected chi connectivity index (χ1v) is 8.94. The quantitative estimate of drug-likeness (QED) is 0.668. The minimum atomic E-state index is -0.0411. The number of aryl methyl sites for hydroxylation is 1. The lowest BCUT2D eigenvalue weighted by Gasteiger charge is -2.18. The first-order chi connectivity index (χ1) is 12.6. The molecule has 0 bridgehead atoms. The number of amides is 1. The second-order valence-corrected chi connectivity index (χ2v) is 6.60. The molecule has 1 aromatic heterocycles. The predicted octanol–water partition coefficient (Wildman–Crippen LogP) is 3.65. The highest BCUT2D eigenvalue weighted by Crippen LogP contribution is 2.29. The summed E-state index contributed by atoms with van der Waals surface area (Å²) in [5.41, 5.74) is 2.12. The van der Waals surface area contributed by atoms with Gasteiger partial charge in [-0.2, -0.15) is 5.10 Å². The number of rotatable bonds is 7. The summed E-state index contributed by atoms with van der Waals surface area (Å²) in [6.45, 7) is 2.36. The van der Waals surface area contributed by atoms with Crippen molar-refractivity contribution in [1.29, 1.82) is 0 Å². The normalized spacial score (nSPS) is 11.9. The molecule has 0 aliphatic rings. The second kappa shape index (κ2) is 8.63. The fraction of sp³-hybridized carbons (Fsp3) is 0.250. The second-order valence-electron chi connectivity index (χ2n) is 6.16. The molecule has 0 saturated carbocycles. The minimum Gasteiger partial charge on any atom is -0.356 e. The van der Waals surface area contributed by atoms with Crippen molar-refractivity contribution in [3.63, 3.8) is 0 Å². The summed E-state index contributed by atoms with van der Waals surface area (Å²) in [4.78, 5) is 16.7. The lowest BCUT2D eigenvalue weighted by atomic mass is 9.88. The molecule has 1 heterocycles. The van der Waals surface area contributed by atoms with Crippen LogP contribution in [-0.2, 0) is 11.2 Å². The van der Waals surface area contributed by atoms with Gasteiger partial charge in [-0.25, -0.2) is 4.98 Å².